The number of imide groups is 1. The van der Waals surface area contributed by atoms with Gasteiger partial charge >= 0.3 is 5.97 Å². The molecule has 0 aliphatic carbocycles. The van der Waals surface area contributed by atoms with Crippen molar-refractivity contribution in [1.29, 1.82) is 0 Å². The van der Waals surface area contributed by atoms with Gasteiger partial charge in [-0.05, 0) is 18.6 Å². The van der Waals surface area contributed by atoms with Crippen molar-refractivity contribution in [2.45, 2.75) is 30.3 Å². The number of rotatable bonds is 5. The molecule has 3 amide bonds. The fourth-order valence-electron chi connectivity index (χ4n) is 3.04. The Bertz CT molecular complexity index is 925. The zero-order chi connectivity index (χ0) is 19.1. The number of carbonyl (C=O) groups is 4. The van der Waals surface area contributed by atoms with Gasteiger partial charge in [-0.25, -0.2) is 8.42 Å². The molecule has 1 aromatic rings. The second kappa shape index (κ2) is 6.50. The van der Waals surface area contributed by atoms with Gasteiger partial charge < -0.3 is 10.0 Å². The van der Waals surface area contributed by atoms with E-state index in [2.05, 4.69) is 5.32 Å². The molecule has 2 heterocycles. The smallest absolute Gasteiger partial charge is 0.318 e. The van der Waals surface area contributed by atoms with Crippen LogP contribution < -0.4 is 10.0 Å². The number of carbonyl (C=O) groups excluding carboxylic acids is 3. The van der Waals surface area contributed by atoms with E-state index in [9.17, 15) is 27.6 Å². The molecule has 1 unspecified atom stereocenters. The van der Waals surface area contributed by atoms with Crippen LogP contribution in [0.5, 0.6) is 0 Å². The standard InChI is InChI=1S/C15H15N3O7S/c19-12-5-4-10(14(22)17-12)18-7-9-8(15(18)23)2-1-3-11(9)26(24,25)16-6-13(20)21/h1-3,10,16H,4-7H2,(H,20,21)(H,17,19,22). The molecule has 1 fully saturated rings. The van der Waals surface area contributed by atoms with Gasteiger partial charge in [-0.3, -0.25) is 24.5 Å². The summed E-state index contributed by atoms with van der Waals surface area (Å²) in [7, 11) is -4.14. The zero-order valence-corrected chi connectivity index (χ0v) is 14.2. The molecule has 10 nitrogen and oxygen atoms in total. The third-order valence-corrected chi connectivity index (χ3v) is 5.73. The first kappa shape index (κ1) is 18.0. The highest BCUT2D eigenvalue weighted by Crippen LogP contribution is 2.31. The second-order valence-corrected chi connectivity index (χ2v) is 7.64. The molecule has 3 N–H and O–H groups in total. The fraction of sp³-hybridized carbons (Fsp3) is 0.333. The quantitative estimate of drug-likeness (QED) is 0.543. The number of nitrogens with one attached hydrogen (secondary N) is 2. The fourth-order valence-corrected chi connectivity index (χ4v) is 4.27. The number of carboxylic acids is 1. The first-order chi connectivity index (χ1) is 12.2. The van der Waals surface area contributed by atoms with Crippen LogP contribution in [-0.2, 0) is 31.0 Å². The zero-order valence-electron chi connectivity index (χ0n) is 13.4. The molecule has 0 spiro atoms. The summed E-state index contributed by atoms with van der Waals surface area (Å²) in [4.78, 5) is 47.6. The normalized spacial score (nSPS) is 20.1. The van der Waals surface area contributed by atoms with E-state index >= 15 is 0 Å². The maximum absolute atomic E-state index is 12.6. The second-order valence-electron chi connectivity index (χ2n) is 5.90. The number of hydrogen-bond acceptors (Lipinski definition) is 6. The molecule has 2 aliphatic heterocycles. The Labute approximate surface area is 148 Å². The molecule has 11 heteroatoms. The van der Waals surface area contributed by atoms with Gasteiger partial charge in [0.1, 0.15) is 12.6 Å². The summed E-state index contributed by atoms with van der Waals surface area (Å²) in [6.45, 7) is -0.915. The van der Waals surface area contributed by atoms with Crippen LogP contribution in [-0.4, -0.2) is 54.7 Å². The summed E-state index contributed by atoms with van der Waals surface area (Å²) in [5.74, 6) is -2.88. The third kappa shape index (κ3) is 3.18. The number of benzene rings is 1. The molecular weight excluding hydrogens is 366 g/mol. The summed E-state index contributed by atoms with van der Waals surface area (Å²) in [5, 5.41) is 10.8. The lowest BCUT2D eigenvalue weighted by Crippen LogP contribution is -2.52. The van der Waals surface area contributed by atoms with Crippen molar-refractivity contribution in [3.05, 3.63) is 29.3 Å². The summed E-state index contributed by atoms with van der Waals surface area (Å²) >= 11 is 0. The van der Waals surface area contributed by atoms with Crippen LogP contribution in [0.15, 0.2) is 23.1 Å². The van der Waals surface area contributed by atoms with Gasteiger partial charge in [0.25, 0.3) is 5.91 Å². The highest BCUT2D eigenvalue weighted by molar-refractivity contribution is 7.89. The minimum Gasteiger partial charge on any atom is -0.480 e. The van der Waals surface area contributed by atoms with E-state index in [0.29, 0.717) is 0 Å². The molecule has 0 aromatic heterocycles. The monoisotopic (exact) mass is 381 g/mol. The summed E-state index contributed by atoms with van der Waals surface area (Å²) < 4.78 is 26.7. The molecule has 138 valence electrons. The molecule has 1 saturated heterocycles. The van der Waals surface area contributed by atoms with E-state index in [1.807, 2.05) is 4.72 Å². The molecule has 1 aromatic carbocycles. The van der Waals surface area contributed by atoms with Crippen molar-refractivity contribution in [1.82, 2.24) is 14.9 Å². The molecule has 0 bridgehead atoms. The van der Waals surface area contributed by atoms with Crippen LogP contribution in [0.25, 0.3) is 0 Å². The first-order valence-corrected chi connectivity index (χ1v) is 9.17. The van der Waals surface area contributed by atoms with Crippen LogP contribution >= 0.6 is 0 Å². The highest BCUT2D eigenvalue weighted by atomic mass is 32.2. The lowest BCUT2D eigenvalue weighted by molar-refractivity contribution is -0.137. The third-order valence-electron chi connectivity index (χ3n) is 4.24. The van der Waals surface area contributed by atoms with Crippen molar-refractivity contribution < 1.29 is 32.7 Å². The highest BCUT2D eigenvalue weighted by Gasteiger charge is 2.41. The van der Waals surface area contributed by atoms with Gasteiger partial charge in [-0.1, -0.05) is 6.07 Å². The summed E-state index contributed by atoms with van der Waals surface area (Å²) in [6.07, 6.45) is 0.242. The van der Waals surface area contributed by atoms with Gasteiger partial charge in [0.2, 0.25) is 21.8 Å². The van der Waals surface area contributed by atoms with Crippen LogP contribution in [0.1, 0.15) is 28.8 Å². The number of sulfonamides is 1. The molecule has 0 radical (unpaired) electrons. The Morgan fingerprint density at radius 1 is 1.31 bits per heavy atom. The number of amides is 3. The number of aliphatic carboxylic acids is 1. The van der Waals surface area contributed by atoms with Crippen molar-refractivity contribution in [2.75, 3.05) is 6.54 Å². The predicted octanol–water partition coefficient (Wildman–Crippen LogP) is -1.19. The largest absolute Gasteiger partial charge is 0.480 e. The first-order valence-electron chi connectivity index (χ1n) is 7.68. The Kier molecular flexibility index (Phi) is 4.50. The van der Waals surface area contributed by atoms with Crippen LogP contribution in [0.4, 0.5) is 0 Å². The van der Waals surface area contributed by atoms with E-state index in [1.165, 1.54) is 23.1 Å². The van der Waals surface area contributed by atoms with E-state index in [0.717, 1.165) is 0 Å². The number of piperidine rings is 1. The van der Waals surface area contributed by atoms with Gasteiger partial charge in [-0.2, -0.15) is 4.72 Å². The van der Waals surface area contributed by atoms with E-state index in [4.69, 9.17) is 5.11 Å². The van der Waals surface area contributed by atoms with Crippen LogP contribution in [0, 0.1) is 0 Å². The molecular formula is C15H15N3O7S. The van der Waals surface area contributed by atoms with Crippen molar-refractivity contribution in [2.24, 2.45) is 0 Å². The lowest BCUT2D eigenvalue weighted by Gasteiger charge is -2.29. The lowest BCUT2D eigenvalue weighted by atomic mass is 10.0. The average molecular weight is 381 g/mol. The number of hydrogen-bond donors (Lipinski definition) is 3. The molecule has 3 rings (SSSR count). The van der Waals surface area contributed by atoms with Crippen molar-refractivity contribution >= 4 is 33.7 Å². The van der Waals surface area contributed by atoms with E-state index in [-0.39, 0.29) is 35.4 Å². The molecule has 2 aliphatic rings. The SMILES string of the molecule is O=C(O)CNS(=O)(=O)c1cccc2c1CN(C1CCC(=O)NC1=O)C2=O. The van der Waals surface area contributed by atoms with Gasteiger partial charge in [0.05, 0.1) is 4.90 Å². The Morgan fingerprint density at radius 2 is 2.04 bits per heavy atom. The number of nitrogens with zero attached hydrogens (tertiary/aromatic N) is 1. The summed E-state index contributed by atoms with van der Waals surface area (Å²) in [5.41, 5.74) is 0.327. The Hall–Kier alpha value is -2.79. The van der Waals surface area contributed by atoms with Crippen LogP contribution in [0.3, 0.4) is 0 Å². The summed E-state index contributed by atoms with van der Waals surface area (Å²) in [6, 6.07) is 3.22. The molecule has 26 heavy (non-hydrogen) atoms. The maximum atomic E-state index is 12.6. The molecule has 1 atom stereocenters. The number of carboxylic acid groups (broad SMARTS) is 1. The Morgan fingerprint density at radius 3 is 2.69 bits per heavy atom. The van der Waals surface area contributed by atoms with Crippen molar-refractivity contribution in [3.8, 4) is 0 Å². The predicted molar refractivity (Wildman–Crippen MR) is 85.3 cm³/mol. The number of fused-ring (bicyclic) bond motifs is 1. The average Bonchev–Trinajstić information content (AvgIpc) is 2.90. The van der Waals surface area contributed by atoms with Gasteiger partial charge in [-0.15, -0.1) is 0 Å². The van der Waals surface area contributed by atoms with E-state index < -0.39 is 46.3 Å². The maximum Gasteiger partial charge on any atom is 0.318 e. The van der Waals surface area contributed by atoms with Gasteiger partial charge in [0.15, 0.2) is 0 Å². The minimum atomic E-state index is -4.14. The van der Waals surface area contributed by atoms with Crippen LogP contribution in [0.2, 0.25) is 0 Å². The Balaban J connectivity index is 1.92. The molecule has 0 saturated carbocycles. The topological polar surface area (TPSA) is 150 Å². The van der Waals surface area contributed by atoms with E-state index in [1.54, 1.807) is 0 Å². The van der Waals surface area contributed by atoms with Gasteiger partial charge in [0, 0.05) is 24.1 Å². The minimum absolute atomic E-state index is 0.0852. The van der Waals surface area contributed by atoms with Crippen molar-refractivity contribution in [3.63, 3.8) is 0 Å².